The summed E-state index contributed by atoms with van der Waals surface area (Å²) in [6, 6.07) is 19.5. The Morgan fingerprint density at radius 3 is 2.38 bits per heavy atom. The van der Waals surface area contributed by atoms with Crippen LogP contribution in [0.5, 0.6) is 5.75 Å². The second-order valence-corrected chi connectivity index (χ2v) is 9.78. The number of amides is 2. The molecular formula is C29H28FN3O5S. The van der Waals surface area contributed by atoms with Gasteiger partial charge in [0.25, 0.3) is 0 Å². The van der Waals surface area contributed by atoms with Gasteiger partial charge in [-0.2, -0.15) is 0 Å². The first-order valence-corrected chi connectivity index (χ1v) is 13.3. The number of methoxy groups -OCH3 is 1. The molecule has 1 atom stereocenters. The summed E-state index contributed by atoms with van der Waals surface area (Å²) in [4.78, 5) is 44.4. The maximum atomic E-state index is 13.4. The van der Waals surface area contributed by atoms with E-state index in [1.807, 2.05) is 24.3 Å². The van der Waals surface area contributed by atoms with Crippen LogP contribution in [0.2, 0.25) is 0 Å². The molecule has 8 nitrogen and oxygen atoms in total. The predicted molar refractivity (Wildman–Crippen MR) is 149 cm³/mol. The van der Waals surface area contributed by atoms with Gasteiger partial charge in [-0.3, -0.25) is 14.5 Å². The molecule has 1 heterocycles. The SMILES string of the molecule is CCOC(=O)c1ccc(NC(=O)C2CC(=O)N(CCc3ccc(OC)cc3)C(=Nc3ccc(F)cc3)S2)cc1. The van der Waals surface area contributed by atoms with E-state index < -0.39 is 17.0 Å². The van der Waals surface area contributed by atoms with Crippen molar-refractivity contribution in [1.29, 1.82) is 0 Å². The first-order valence-electron chi connectivity index (χ1n) is 12.4. The minimum absolute atomic E-state index is 0.0114. The van der Waals surface area contributed by atoms with Crippen molar-refractivity contribution in [2.75, 3.05) is 25.6 Å². The molecule has 1 fully saturated rings. The second-order valence-electron chi connectivity index (χ2n) is 8.61. The molecule has 1 aliphatic heterocycles. The van der Waals surface area contributed by atoms with E-state index in [1.54, 1.807) is 43.2 Å². The summed E-state index contributed by atoms with van der Waals surface area (Å²) in [5, 5.41) is 2.45. The van der Waals surface area contributed by atoms with E-state index in [2.05, 4.69) is 10.3 Å². The molecule has 3 aromatic rings. The molecule has 0 spiro atoms. The van der Waals surface area contributed by atoms with E-state index in [0.717, 1.165) is 11.3 Å². The lowest BCUT2D eigenvalue weighted by Gasteiger charge is -2.32. The van der Waals surface area contributed by atoms with Crippen molar-refractivity contribution < 1.29 is 28.2 Å². The third kappa shape index (κ3) is 7.44. The molecule has 10 heteroatoms. The summed E-state index contributed by atoms with van der Waals surface area (Å²) in [5.41, 5.74) is 2.34. The lowest BCUT2D eigenvalue weighted by molar-refractivity contribution is -0.129. The standard InChI is InChI=1S/C29H28FN3O5S/c1-3-38-28(36)20-6-10-22(11-7-20)31-27(35)25-18-26(34)33(17-16-19-4-14-24(37-2)15-5-19)29(39-25)32-23-12-8-21(30)9-13-23/h4-15,25H,3,16-18H2,1-2H3,(H,31,35). The number of esters is 1. The molecule has 4 rings (SSSR count). The first kappa shape index (κ1) is 27.8. The first-order chi connectivity index (χ1) is 18.9. The number of hydrogen-bond donors (Lipinski definition) is 1. The molecule has 202 valence electrons. The van der Waals surface area contributed by atoms with Gasteiger partial charge in [0.15, 0.2) is 5.17 Å². The monoisotopic (exact) mass is 549 g/mol. The van der Waals surface area contributed by atoms with E-state index in [-0.39, 0.29) is 24.8 Å². The molecule has 0 bridgehead atoms. The maximum absolute atomic E-state index is 13.4. The van der Waals surface area contributed by atoms with Crippen molar-refractivity contribution in [1.82, 2.24) is 4.90 Å². The van der Waals surface area contributed by atoms with Crippen LogP contribution >= 0.6 is 11.8 Å². The van der Waals surface area contributed by atoms with Crippen molar-refractivity contribution in [2.45, 2.75) is 25.0 Å². The Bertz CT molecular complexity index is 1340. The number of halogens is 1. The normalized spacial score (nSPS) is 16.2. The highest BCUT2D eigenvalue weighted by Crippen LogP contribution is 2.30. The van der Waals surface area contributed by atoms with Crippen LogP contribution in [-0.4, -0.2) is 53.4 Å². The number of ether oxygens (including phenoxy) is 2. The third-order valence-electron chi connectivity index (χ3n) is 5.93. The number of anilines is 1. The van der Waals surface area contributed by atoms with E-state index in [1.165, 1.54) is 36.0 Å². The number of benzene rings is 3. The summed E-state index contributed by atoms with van der Waals surface area (Å²) in [6.07, 6.45) is 0.560. The Labute approximate surface area is 230 Å². The maximum Gasteiger partial charge on any atom is 0.338 e. The average Bonchev–Trinajstić information content (AvgIpc) is 2.94. The molecule has 2 amide bonds. The van der Waals surface area contributed by atoms with E-state index in [0.29, 0.717) is 35.1 Å². The number of rotatable bonds is 9. The Hall–Kier alpha value is -4.18. The van der Waals surface area contributed by atoms with Crippen molar-refractivity contribution in [3.63, 3.8) is 0 Å². The van der Waals surface area contributed by atoms with Gasteiger partial charge >= 0.3 is 5.97 Å². The van der Waals surface area contributed by atoms with E-state index in [4.69, 9.17) is 9.47 Å². The second kappa shape index (κ2) is 13.1. The molecular weight excluding hydrogens is 521 g/mol. The largest absolute Gasteiger partial charge is 0.497 e. The number of carbonyl (C=O) groups is 3. The molecule has 0 radical (unpaired) electrons. The van der Waals surface area contributed by atoms with Crippen LogP contribution in [0.3, 0.4) is 0 Å². The lowest BCUT2D eigenvalue weighted by atomic mass is 10.1. The smallest absolute Gasteiger partial charge is 0.338 e. The molecule has 1 unspecified atom stereocenters. The van der Waals surface area contributed by atoms with Gasteiger partial charge in [0, 0.05) is 18.7 Å². The fourth-order valence-electron chi connectivity index (χ4n) is 3.85. The highest BCUT2D eigenvalue weighted by Gasteiger charge is 2.35. The predicted octanol–water partition coefficient (Wildman–Crippen LogP) is 5.21. The fourth-order valence-corrected chi connectivity index (χ4v) is 4.97. The lowest BCUT2D eigenvalue weighted by Crippen LogP contribution is -2.46. The number of hydrogen-bond acceptors (Lipinski definition) is 7. The number of nitrogens with zero attached hydrogens (tertiary/aromatic N) is 2. The van der Waals surface area contributed by atoms with Gasteiger partial charge in [-0.1, -0.05) is 23.9 Å². The van der Waals surface area contributed by atoms with Crippen LogP contribution < -0.4 is 10.1 Å². The topological polar surface area (TPSA) is 97.3 Å². The molecule has 0 aliphatic carbocycles. The zero-order valence-corrected chi connectivity index (χ0v) is 22.4. The van der Waals surface area contributed by atoms with Crippen molar-refractivity contribution in [3.8, 4) is 5.75 Å². The molecule has 39 heavy (non-hydrogen) atoms. The van der Waals surface area contributed by atoms with Gasteiger partial charge in [-0.05, 0) is 79.6 Å². The number of nitrogens with one attached hydrogen (secondary N) is 1. The van der Waals surface area contributed by atoms with Gasteiger partial charge in [0.2, 0.25) is 11.8 Å². The fraction of sp³-hybridized carbons (Fsp3) is 0.241. The van der Waals surface area contributed by atoms with Gasteiger partial charge < -0.3 is 14.8 Å². The minimum Gasteiger partial charge on any atom is -0.497 e. The highest BCUT2D eigenvalue weighted by molar-refractivity contribution is 8.15. The van der Waals surface area contributed by atoms with Crippen LogP contribution in [0, 0.1) is 5.82 Å². The van der Waals surface area contributed by atoms with Gasteiger partial charge in [0.05, 0.1) is 25.0 Å². The van der Waals surface area contributed by atoms with Crippen LogP contribution in [0.1, 0.15) is 29.3 Å². The molecule has 0 saturated carbocycles. The molecule has 0 aromatic heterocycles. The quantitative estimate of drug-likeness (QED) is 0.368. The van der Waals surface area contributed by atoms with Crippen LogP contribution in [0.15, 0.2) is 77.8 Å². The van der Waals surface area contributed by atoms with Gasteiger partial charge in [0.1, 0.15) is 16.8 Å². The van der Waals surface area contributed by atoms with Crippen molar-refractivity contribution >= 4 is 46.1 Å². The molecule has 1 aliphatic rings. The minimum atomic E-state index is -0.723. The Morgan fingerprint density at radius 2 is 1.74 bits per heavy atom. The van der Waals surface area contributed by atoms with Crippen LogP contribution in [-0.2, 0) is 20.7 Å². The van der Waals surface area contributed by atoms with Crippen molar-refractivity contribution in [3.05, 3.63) is 89.7 Å². The van der Waals surface area contributed by atoms with Crippen LogP contribution in [0.4, 0.5) is 15.8 Å². The van der Waals surface area contributed by atoms with Crippen molar-refractivity contribution in [2.24, 2.45) is 4.99 Å². The summed E-state index contributed by atoms with van der Waals surface area (Å²) < 4.78 is 23.6. The zero-order chi connectivity index (χ0) is 27.8. The summed E-state index contributed by atoms with van der Waals surface area (Å²) in [5.74, 6) is -0.694. The number of carbonyl (C=O) groups excluding carboxylic acids is 3. The number of amidine groups is 1. The molecule has 1 N–H and O–H groups in total. The van der Waals surface area contributed by atoms with E-state index >= 15 is 0 Å². The number of thioether (sulfide) groups is 1. The summed E-state index contributed by atoms with van der Waals surface area (Å²) >= 11 is 1.18. The Balaban J connectivity index is 1.49. The summed E-state index contributed by atoms with van der Waals surface area (Å²) in [6.45, 7) is 2.36. The Kier molecular flexibility index (Phi) is 9.32. The van der Waals surface area contributed by atoms with Gasteiger partial charge in [-0.15, -0.1) is 0 Å². The molecule has 3 aromatic carbocycles. The third-order valence-corrected chi connectivity index (χ3v) is 7.12. The summed E-state index contributed by atoms with van der Waals surface area (Å²) in [7, 11) is 1.60. The molecule has 1 saturated heterocycles. The Morgan fingerprint density at radius 1 is 1.05 bits per heavy atom. The number of aliphatic imine (C=N–C) groups is 1. The van der Waals surface area contributed by atoms with Gasteiger partial charge in [-0.25, -0.2) is 14.2 Å². The average molecular weight is 550 g/mol. The van der Waals surface area contributed by atoms with E-state index in [9.17, 15) is 18.8 Å². The zero-order valence-electron chi connectivity index (χ0n) is 21.6. The van der Waals surface area contributed by atoms with Crippen LogP contribution in [0.25, 0.3) is 0 Å². The highest BCUT2D eigenvalue weighted by atomic mass is 32.2.